The van der Waals surface area contributed by atoms with Crippen LogP contribution in [0.25, 0.3) is 0 Å². The molecule has 1 unspecified atom stereocenters. The first kappa shape index (κ1) is 39.7. The van der Waals surface area contributed by atoms with Crippen LogP contribution in [0.1, 0.15) is 44.5 Å². The van der Waals surface area contributed by atoms with Crippen LogP contribution in [0.15, 0.2) is 169 Å². The molecular formula is C49H50O6S. The molecule has 0 radical (unpaired) electrons. The Morgan fingerprint density at radius 1 is 0.571 bits per heavy atom. The van der Waals surface area contributed by atoms with Gasteiger partial charge in [0.2, 0.25) is 5.79 Å². The fraction of sp³-hybridized carbons (Fsp3) is 0.265. The maximum absolute atomic E-state index is 13.2. The molecule has 0 bridgehead atoms. The van der Waals surface area contributed by atoms with Gasteiger partial charge in [0.15, 0.2) is 0 Å². The van der Waals surface area contributed by atoms with Crippen molar-refractivity contribution in [2.45, 2.75) is 74.9 Å². The van der Waals surface area contributed by atoms with E-state index in [0.29, 0.717) is 25.2 Å². The first-order valence-electron chi connectivity index (χ1n) is 19.2. The molecule has 0 spiro atoms. The molecule has 5 atom stereocenters. The quantitative estimate of drug-likeness (QED) is 0.0928. The zero-order chi connectivity index (χ0) is 38.6. The molecule has 1 fully saturated rings. The monoisotopic (exact) mass is 766 g/mol. The van der Waals surface area contributed by atoms with Gasteiger partial charge in [0, 0.05) is 10.5 Å². The molecule has 7 rings (SSSR count). The van der Waals surface area contributed by atoms with Gasteiger partial charge < -0.3 is 28.8 Å². The number of ether oxygens (including phenoxy) is 5. The summed E-state index contributed by atoms with van der Waals surface area (Å²) in [6.07, 6.45) is -0.383. The van der Waals surface area contributed by atoms with E-state index in [0.717, 1.165) is 33.4 Å². The smallest absolute Gasteiger partial charge is 0.222 e. The molecule has 6 aromatic carbocycles. The number of benzene rings is 6. The Labute approximate surface area is 335 Å². The molecule has 0 aliphatic carbocycles. The molecule has 1 saturated heterocycles. The Morgan fingerprint density at radius 2 is 1.07 bits per heavy atom. The molecule has 1 aliphatic rings. The van der Waals surface area contributed by atoms with Crippen LogP contribution in [-0.4, -0.2) is 42.4 Å². The number of rotatable bonds is 17. The van der Waals surface area contributed by atoms with E-state index < -0.39 is 30.2 Å². The normalized spacial score (nSPS) is 20.8. The summed E-state index contributed by atoms with van der Waals surface area (Å²) in [4.78, 5) is 1.22. The largest absolute Gasteiger partial charge is 0.374 e. The number of hydrogen-bond donors (Lipinski definition) is 1. The summed E-state index contributed by atoms with van der Waals surface area (Å²) in [6.45, 7) is 3.43. The second-order valence-electron chi connectivity index (χ2n) is 14.3. The Morgan fingerprint density at radius 3 is 1.61 bits per heavy atom. The summed E-state index contributed by atoms with van der Waals surface area (Å²) in [7, 11) is 0. The van der Waals surface area contributed by atoms with E-state index >= 15 is 0 Å². The molecule has 1 N–H and O–H groups in total. The molecule has 0 saturated carbocycles. The SMILES string of the molecule is CSc1ccc(Cc2cc(C3(O)O[C@H](COCc4ccccc4)[C@@H](OCc4ccccc4)[C@H](OCc4ccccc4)[C@H]3OCc3ccccc3)ccc2C)cc1. The zero-order valence-corrected chi connectivity index (χ0v) is 32.9. The molecule has 56 heavy (non-hydrogen) atoms. The van der Waals surface area contributed by atoms with Crippen LogP contribution in [0.4, 0.5) is 0 Å². The fourth-order valence-corrected chi connectivity index (χ4v) is 7.54. The number of aliphatic hydroxyl groups is 1. The highest BCUT2D eigenvalue weighted by molar-refractivity contribution is 7.98. The third-order valence-electron chi connectivity index (χ3n) is 10.3. The van der Waals surface area contributed by atoms with Crippen molar-refractivity contribution in [1.82, 2.24) is 0 Å². The van der Waals surface area contributed by atoms with Crippen molar-refractivity contribution >= 4 is 11.8 Å². The van der Waals surface area contributed by atoms with E-state index in [9.17, 15) is 5.11 Å². The second-order valence-corrected chi connectivity index (χ2v) is 15.1. The van der Waals surface area contributed by atoms with E-state index in [-0.39, 0.29) is 19.8 Å². The Hall–Kier alpha value is -4.57. The summed E-state index contributed by atoms with van der Waals surface area (Å²) in [5, 5.41) is 13.2. The average Bonchev–Trinajstić information content (AvgIpc) is 3.24. The first-order chi connectivity index (χ1) is 27.5. The second kappa shape index (κ2) is 19.5. The van der Waals surface area contributed by atoms with Crippen LogP contribution < -0.4 is 0 Å². The molecule has 6 aromatic rings. The maximum Gasteiger partial charge on any atom is 0.222 e. The van der Waals surface area contributed by atoms with Crippen molar-refractivity contribution in [3.63, 3.8) is 0 Å². The zero-order valence-electron chi connectivity index (χ0n) is 32.0. The highest BCUT2D eigenvalue weighted by Crippen LogP contribution is 2.42. The minimum absolute atomic E-state index is 0.147. The highest BCUT2D eigenvalue weighted by Gasteiger charge is 2.57. The summed E-state index contributed by atoms with van der Waals surface area (Å²) in [6, 6.07) is 54.8. The third kappa shape index (κ3) is 10.2. The topological polar surface area (TPSA) is 66.4 Å². The molecule has 288 valence electrons. The fourth-order valence-electron chi connectivity index (χ4n) is 7.13. The summed E-state index contributed by atoms with van der Waals surface area (Å²) >= 11 is 1.72. The van der Waals surface area contributed by atoms with Gasteiger partial charge >= 0.3 is 0 Å². The van der Waals surface area contributed by atoms with E-state index in [4.69, 9.17) is 23.7 Å². The standard InChI is InChI=1S/C49H50O6S/c1-36-23-26-43(30-42(36)29-37-24-27-44(56-2)28-25-37)49(50)48(54-34-41-21-13-6-14-22-41)47(53-33-40-19-11-5-12-20-40)46(52-32-39-17-9-4-10-18-39)45(55-49)35-51-31-38-15-7-3-8-16-38/h3-28,30,45-48,50H,29,31-35H2,1-2H3/t45-,46-,47+,48-,49?/m1/s1. The van der Waals surface area contributed by atoms with Gasteiger partial charge in [0.05, 0.1) is 33.0 Å². The van der Waals surface area contributed by atoms with Gasteiger partial charge in [-0.2, -0.15) is 0 Å². The maximum atomic E-state index is 13.2. The van der Waals surface area contributed by atoms with Crippen LogP contribution in [0.5, 0.6) is 0 Å². The summed E-state index contributed by atoms with van der Waals surface area (Å²) in [5.41, 5.74) is 7.97. The van der Waals surface area contributed by atoms with E-state index in [1.165, 1.54) is 10.5 Å². The highest BCUT2D eigenvalue weighted by atomic mass is 32.2. The molecule has 6 nitrogen and oxygen atoms in total. The summed E-state index contributed by atoms with van der Waals surface area (Å²) in [5.74, 6) is -1.94. The Bertz CT molecular complexity index is 2060. The lowest BCUT2D eigenvalue weighted by molar-refractivity contribution is -0.378. The first-order valence-corrected chi connectivity index (χ1v) is 20.4. The van der Waals surface area contributed by atoms with Crippen LogP contribution in [0.2, 0.25) is 0 Å². The number of hydrogen-bond acceptors (Lipinski definition) is 7. The van der Waals surface area contributed by atoms with Gasteiger partial charge in [-0.1, -0.05) is 146 Å². The van der Waals surface area contributed by atoms with Crippen molar-refractivity contribution in [2.75, 3.05) is 12.9 Å². The predicted octanol–water partition coefficient (Wildman–Crippen LogP) is 9.82. The lowest BCUT2D eigenvalue weighted by Gasteiger charge is -2.50. The van der Waals surface area contributed by atoms with Crippen molar-refractivity contribution in [2.24, 2.45) is 0 Å². The third-order valence-corrected chi connectivity index (χ3v) is 11.0. The van der Waals surface area contributed by atoms with Gasteiger partial charge in [-0.05, 0) is 76.7 Å². The molecule has 7 heteroatoms. The van der Waals surface area contributed by atoms with Crippen molar-refractivity contribution < 1.29 is 28.8 Å². The van der Waals surface area contributed by atoms with Crippen molar-refractivity contribution in [3.05, 3.63) is 208 Å². The lowest BCUT2D eigenvalue weighted by Crippen LogP contribution is -2.65. The van der Waals surface area contributed by atoms with Crippen molar-refractivity contribution in [3.8, 4) is 0 Å². The van der Waals surface area contributed by atoms with Gasteiger partial charge in [-0.15, -0.1) is 11.8 Å². The van der Waals surface area contributed by atoms with E-state index in [2.05, 4.69) is 49.6 Å². The van der Waals surface area contributed by atoms with Gasteiger partial charge in [-0.25, -0.2) is 0 Å². The minimum Gasteiger partial charge on any atom is -0.374 e. The minimum atomic E-state index is -1.94. The summed E-state index contributed by atoms with van der Waals surface area (Å²) < 4.78 is 33.9. The van der Waals surface area contributed by atoms with E-state index in [1.807, 2.05) is 127 Å². The lowest BCUT2D eigenvalue weighted by atomic mass is 9.85. The molecular weight excluding hydrogens is 717 g/mol. The van der Waals surface area contributed by atoms with Crippen LogP contribution in [0, 0.1) is 6.92 Å². The van der Waals surface area contributed by atoms with Gasteiger partial charge in [-0.3, -0.25) is 0 Å². The Balaban J connectivity index is 1.29. The van der Waals surface area contributed by atoms with E-state index in [1.54, 1.807) is 11.8 Å². The average molecular weight is 767 g/mol. The molecule has 0 amide bonds. The predicted molar refractivity (Wildman–Crippen MR) is 222 cm³/mol. The van der Waals surface area contributed by atoms with Gasteiger partial charge in [0.25, 0.3) is 0 Å². The molecule has 0 aromatic heterocycles. The van der Waals surface area contributed by atoms with Gasteiger partial charge in [0.1, 0.15) is 24.4 Å². The van der Waals surface area contributed by atoms with Crippen LogP contribution >= 0.6 is 11.8 Å². The Kier molecular flexibility index (Phi) is 13.8. The van der Waals surface area contributed by atoms with Crippen LogP contribution in [0.3, 0.4) is 0 Å². The molecule has 1 heterocycles. The van der Waals surface area contributed by atoms with Crippen LogP contribution in [-0.2, 0) is 62.3 Å². The number of aryl methyl sites for hydroxylation is 1. The molecule has 1 aliphatic heterocycles. The van der Waals surface area contributed by atoms with Crippen molar-refractivity contribution in [1.29, 1.82) is 0 Å². The number of thioether (sulfide) groups is 1.